The lowest BCUT2D eigenvalue weighted by molar-refractivity contribution is -0.159. The summed E-state index contributed by atoms with van der Waals surface area (Å²) in [5, 5.41) is 14.8. The SMILES string of the molecule is CN1CCCCc2c1nc1c(c2N)CCCC1.O=C(O)C(=O)O. The Balaban J connectivity index is 0.000000277. The van der Waals surface area contributed by atoms with E-state index in [1.807, 2.05) is 0 Å². The summed E-state index contributed by atoms with van der Waals surface area (Å²) in [5.74, 6) is -2.49. The molecule has 0 unspecified atom stereocenters. The highest BCUT2D eigenvalue weighted by Gasteiger charge is 2.23. The molecule has 0 radical (unpaired) electrons. The van der Waals surface area contributed by atoms with Gasteiger partial charge in [0, 0.05) is 30.5 Å². The first-order valence-electron chi connectivity index (χ1n) is 7.89. The van der Waals surface area contributed by atoms with Gasteiger partial charge in [-0.05, 0) is 50.5 Å². The Labute approximate surface area is 135 Å². The minimum absolute atomic E-state index is 1.05. The molecular formula is C16H23N3O4. The highest BCUT2D eigenvalue weighted by molar-refractivity contribution is 6.27. The van der Waals surface area contributed by atoms with Gasteiger partial charge in [0.25, 0.3) is 0 Å². The van der Waals surface area contributed by atoms with Crippen LogP contribution in [0.4, 0.5) is 11.5 Å². The Bertz CT molecular complexity index is 604. The number of carboxylic acids is 2. The predicted octanol–water partition coefficient (Wildman–Crippen LogP) is 1.47. The molecule has 2 aliphatic rings. The zero-order valence-electron chi connectivity index (χ0n) is 13.3. The molecule has 23 heavy (non-hydrogen) atoms. The number of aryl methyl sites for hydroxylation is 1. The Kier molecular flexibility index (Phi) is 5.41. The van der Waals surface area contributed by atoms with Gasteiger partial charge in [-0.3, -0.25) is 0 Å². The molecule has 0 amide bonds. The van der Waals surface area contributed by atoms with Gasteiger partial charge < -0.3 is 20.8 Å². The van der Waals surface area contributed by atoms with Crippen molar-refractivity contribution in [3.05, 3.63) is 16.8 Å². The van der Waals surface area contributed by atoms with Crippen LogP contribution in [0.2, 0.25) is 0 Å². The molecule has 7 nitrogen and oxygen atoms in total. The van der Waals surface area contributed by atoms with Crippen molar-refractivity contribution in [3.63, 3.8) is 0 Å². The van der Waals surface area contributed by atoms with Crippen LogP contribution in [0.25, 0.3) is 0 Å². The van der Waals surface area contributed by atoms with Crippen molar-refractivity contribution in [2.45, 2.75) is 44.9 Å². The molecule has 2 heterocycles. The maximum Gasteiger partial charge on any atom is 0.414 e. The van der Waals surface area contributed by atoms with E-state index in [1.165, 1.54) is 42.5 Å². The molecule has 1 aromatic heterocycles. The standard InChI is InChI=1S/C14H21N3.C2H2O4/c1-17-9-5-4-7-11-13(15)10-6-2-3-8-12(10)16-14(11)17;3-1(4)2(5)6/h2-9H2,1H3,(H2,15,16);(H,3,4)(H,5,6). The summed E-state index contributed by atoms with van der Waals surface area (Å²) in [6, 6.07) is 0. The topological polar surface area (TPSA) is 117 Å². The number of anilines is 2. The molecule has 3 rings (SSSR count). The van der Waals surface area contributed by atoms with Gasteiger partial charge in [0.2, 0.25) is 0 Å². The van der Waals surface area contributed by atoms with E-state index >= 15 is 0 Å². The number of pyridine rings is 1. The first-order chi connectivity index (χ1) is 10.9. The molecule has 0 fully saturated rings. The molecule has 1 aliphatic carbocycles. The Morgan fingerprint density at radius 1 is 1.00 bits per heavy atom. The predicted molar refractivity (Wildman–Crippen MR) is 86.8 cm³/mol. The molecule has 0 aromatic carbocycles. The van der Waals surface area contributed by atoms with Crippen molar-refractivity contribution >= 4 is 23.4 Å². The normalized spacial score (nSPS) is 16.3. The highest BCUT2D eigenvalue weighted by Crippen LogP contribution is 2.35. The number of nitrogens with zero attached hydrogens (tertiary/aromatic N) is 2. The van der Waals surface area contributed by atoms with Crippen molar-refractivity contribution in [1.29, 1.82) is 0 Å². The average Bonchev–Trinajstić information content (AvgIpc) is 2.71. The summed E-state index contributed by atoms with van der Waals surface area (Å²) in [6.45, 7) is 1.11. The third-order valence-corrected chi connectivity index (χ3v) is 4.31. The second-order valence-electron chi connectivity index (χ2n) is 5.95. The third kappa shape index (κ3) is 3.91. The van der Waals surface area contributed by atoms with Gasteiger partial charge in [-0.25, -0.2) is 14.6 Å². The molecule has 126 valence electrons. The minimum atomic E-state index is -1.82. The Hall–Kier alpha value is -2.31. The van der Waals surface area contributed by atoms with Gasteiger partial charge in [-0.1, -0.05) is 0 Å². The van der Waals surface area contributed by atoms with Crippen molar-refractivity contribution in [2.24, 2.45) is 0 Å². The van der Waals surface area contributed by atoms with Crippen LogP contribution in [0.5, 0.6) is 0 Å². The van der Waals surface area contributed by atoms with Gasteiger partial charge in [0.05, 0.1) is 0 Å². The largest absolute Gasteiger partial charge is 0.473 e. The van der Waals surface area contributed by atoms with E-state index in [0.717, 1.165) is 37.3 Å². The molecule has 1 aromatic rings. The van der Waals surface area contributed by atoms with Crippen LogP contribution in [0, 0.1) is 0 Å². The Morgan fingerprint density at radius 2 is 1.57 bits per heavy atom. The quantitative estimate of drug-likeness (QED) is 0.619. The van der Waals surface area contributed by atoms with E-state index in [-0.39, 0.29) is 0 Å². The number of carbonyl (C=O) groups is 2. The minimum Gasteiger partial charge on any atom is -0.473 e. The molecule has 0 atom stereocenters. The summed E-state index contributed by atoms with van der Waals surface area (Å²) in [6.07, 6.45) is 8.37. The van der Waals surface area contributed by atoms with Crippen LogP contribution in [0.1, 0.15) is 42.5 Å². The number of rotatable bonds is 0. The van der Waals surface area contributed by atoms with Crippen LogP contribution in [0.15, 0.2) is 0 Å². The van der Waals surface area contributed by atoms with Crippen molar-refractivity contribution < 1.29 is 19.8 Å². The number of aromatic nitrogens is 1. The first-order valence-corrected chi connectivity index (χ1v) is 7.89. The number of carboxylic acid groups (broad SMARTS) is 2. The number of hydrogen-bond donors (Lipinski definition) is 3. The van der Waals surface area contributed by atoms with Gasteiger partial charge in [0.15, 0.2) is 0 Å². The Morgan fingerprint density at radius 3 is 2.22 bits per heavy atom. The number of hydrogen-bond acceptors (Lipinski definition) is 5. The van der Waals surface area contributed by atoms with Crippen LogP contribution in [-0.4, -0.2) is 40.7 Å². The summed E-state index contributed by atoms with van der Waals surface area (Å²) in [5.41, 5.74) is 11.4. The summed E-state index contributed by atoms with van der Waals surface area (Å²) < 4.78 is 0. The molecule has 1 aliphatic heterocycles. The fourth-order valence-corrected chi connectivity index (χ4v) is 3.12. The molecule has 0 saturated heterocycles. The van der Waals surface area contributed by atoms with Crippen molar-refractivity contribution in [2.75, 3.05) is 24.2 Å². The molecule has 0 spiro atoms. The maximum atomic E-state index is 9.10. The second-order valence-corrected chi connectivity index (χ2v) is 5.95. The summed E-state index contributed by atoms with van der Waals surface area (Å²) in [4.78, 5) is 25.4. The molecule has 7 heteroatoms. The molecule has 0 bridgehead atoms. The van der Waals surface area contributed by atoms with Crippen molar-refractivity contribution in [3.8, 4) is 0 Å². The summed E-state index contributed by atoms with van der Waals surface area (Å²) in [7, 11) is 2.14. The fourth-order valence-electron chi connectivity index (χ4n) is 3.12. The zero-order valence-corrected chi connectivity index (χ0v) is 13.3. The van der Waals surface area contributed by atoms with E-state index < -0.39 is 11.9 Å². The lowest BCUT2D eigenvalue weighted by atomic mass is 9.92. The fraction of sp³-hybridized carbons (Fsp3) is 0.562. The van der Waals surface area contributed by atoms with Crippen LogP contribution >= 0.6 is 0 Å². The van der Waals surface area contributed by atoms with E-state index in [2.05, 4.69) is 11.9 Å². The average molecular weight is 321 g/mol. The number of fused-ring (bicyclic) bond motifs is 2. The summed E-state index contributed by atoms with van der Waals surface area (Å²) >= 11 is 0. The van der Waals surface area contributed by atoms with Gasteiger partial charge >= 0.3 is 11.9 Å². The lowest BCUT2D eigenvalue weighted by Crippen LogP contribution is -2.22. The van der Waals surface area contributed by atoms with E-state index in [9.17, 15) is 0 Å². The van der Waals surface area contributed by atoms with Gasteiger partial charge in [0.1, 0.15) is 5.82 Å². The van der Waals surface area contributed by atoms with E-state index in [1.54, 1.807) is 0 Å². The van der Waals surface area contributed by atoms with E-state index in [0.29, 0.717) is 0 Å². The number of aliphatic carboxylic acids is 2. The first kappa shape index (κ1) is 17.1. The van der Waals surface area contributed by atoms with Crippen LogP contribution in [0.3, 0.4) is 0 Å². The second kappa shape index (κ2) is 7.30. The van der Waals surface area contributed by atoms with Crippen LogP contribution in [-0.2, 0) is 28.9 Å². The smallest absolute Gasteiger partial charge is 0.414 e. The maximum absolute atomic E-state index is 9.10. The molecule has 0 saturated carbocycles. The molecular weight excluding hydrogens is 298 g/mol. The van der Waals surface area contributed by atoms with E-state index in [4.69, 9.17) is 30.5 Å². The lowest BCUT2D eigenvalue weighted by Gasteiger charge is -2.25. The zero-order chi connectivity index (χ0) is 17.0. The van der Waals surface area contributed by atoms with Crippen LogP contribution < -0.4 is 10.6 Å². The van der Waals surface area contributed by atoms with Crippen molar-refractivity contribution in [1.82, 2.24) is 4.98 Å². The number of nitrogen functional groups attached to an aromatic ring is 1. The van der Waals surface area contributed by atoms with Gasteiger partial charge in [-0.15, -0.1) is 0 Å². The highest BCUT2D eigenvalue weighted by atomic mass is 16.4. The third-order valence-electron chi connectivity index (χ3n) is 4.31. The monoisotopic (exact) mass is 321 g/mol. The molecule has 4 N–H and O–H groups in total. The number of nitrogens with two attached hydrogens (primary N) is 1. The van der Waals surface area contributed by atoms with Gasteiger partial charge in [-0.2, -0.15) is 0 Å².